The number of hydrogen-bond donors (Lipinski definition) is 2. The van der Waals surface area contributed by atoms with Crippen LogP contribution in [0.3, 0.4) is 0 Å². The molecule has 0 radical (unpaired) electrons. The summed E-state index contributed by atoms with van der Waals surface area (Å²) in [4.78, 5) is 0. The van der Waals surface area contributed by atoms with Gasteiger partial charge in [-0.25, -0.2) is 4.39 Å². The number of nitrogens with zero attached hydrogens (tertiary/aromatic N) is 1. The lowest BCUT2D eigenvalue weighted by Gasteiger charge is -2.29. The van der Waals surface area contributed by atoms with Crippen LogP contribution in [-0.4, -0.2) is 19.1 Å². The molecule has 0 atom stereocenters. The third kappa shape index (κ3) is 2.80. The molecule has 1 aromatic carbocycles. The minimum atomic E-state index is -0.452. The predicted molar refractivity (Wildman–Crippen MR) is 69.8 cm³/mol. The highest BCUT2D eigenvalue weighted by Crippen LogP contribution is 2.25. The number of anilines is 1. The first kappa shape index (κ1) is 12.8. The topological polar surface area (TPSA) is 47.8 Å². The molecule has 1 aliphatic rings. The van der Waals surface area contributed by atoms with Gasteiger partial charge in [-0.15, -0.1) is 0 Å². The molecule has 4 heteroatoms. The van der Waals surface area contributed by atoms with Gasteiger partial charge in [0.05, 0.1) is 5.69 Å². The van der Waals surface area contributed by atoms with Gasteiger partial charge in [0.1, 0.15) is 17.4 Å². The van der Waals surface area contributed by atoms with E-state index >= 15 is 0 Å². The van der Waals surface area contributed by atoms with Gasteiger partial charge in [0, 0.05) is 12.1 Å². The van der Waals surface area contributed by atoms with Gasteiger partial charge < -0.3 is 10.6 Å². The van der Waals surface area contributed by atoms with Crippen LogP contribution in [0.15, 0.2) is 18.2 Å². The van der Waals surface area contributed by atoms with Crippen molar-refractivity contribution in [3.8, 4) is 6.07 Å². The van der Waals surface area contributed by atoms with Gasteiger partial charge in [-0.2, -0.15) is 5.26 Å². The average Bonchev–Trinajstić information content (AvgIpc) is 2.40. The fraction of sp³-hybridized carbons (Fsp3) is 0.500. The zero-order valence-electron chi connectivity index (χ0n) is 10.5. The summed E-state index contributed by atoms with van der Waals surface area (Å²) in [6, 6.07) is 7.58. The van der Waals surface area contributed by atoms with Gasteiger partial charge in [0.2, 0.25) is 0 Å². The Morgan fingerprint density at radius 1 is 1.22 bits per heavy atom. The Morgan fingerprint density at radius 3 is 2.50 bits per heavy atom. The smallest absolute Gasteiger partial charge is 0.143 e. The maximum Gasteiger partial charge on any atom is 0.143 e. The predicted octanol–water partition coefficient (Wildman–Crippen LogP) is 2.64. The van der Waals surface area contributed by atoms with Gasteiger partial charge in [-0.1, -0.05) is 6.07 Å². The molecule has 1 aliphatic carbocycles. The third-order valence-corrected chi connectivity index (χ3v) is 3.62. The van der Waals surface area contributed by atoms with Gasteiger partial charge in [-0.05, 0) is 44.9 Å². The van der Waals surface area contributed by atoms with E-state index in [1.165, 1.54) is 6.07 Å². The second-order valence-corrected chi connectivity index (χ2v) is 4.76. The second kappa shape index (κ2) is 5.83. The van der Waals surface area contributed by atoms with E-state index in [-0.39, 0.29) is 5.56 Å². The van der Waals surface area contributed by atoms with E-state index in [2.05, 4.69) is 10.6 Å². The Bertz CT molecular complexity index is 445. The number of benzene rings is 1. The number of rotatable bonds is 3. The summed E-state index contributed by atoms with van der Waals surface area (Å²) in [6.45, 7) is 0. The molecule has 0 bridgehead atoms. The highest BCUT2D eigenvalue weighted by Gasteiger charge is 2.20. The first-order chi connectivity index (χ1) is 8.74. The molecule has 1 saturated carbocycles. The molecule has 3 nitrogen and oxygen atoms in total. The minimum Gasteiger partial charge on any atom is -0.381 e. The molecule has 1 fully saturated rings. The van der Waals surface area contributed by atoms with E-state index in [1.807, 2.05) is 13.1 Å². The van der Waals surface area contributed by atoms with Crippen LogP contribution in [0, 0.1) is 17.1 Å². The van der Waals surface area contributed by atoms with E-state index in [1.54, 1.807) is 12.1 Å². The van der Waals surface area contributed by atoms with Crippen molar-refractivity contribution in [3.05, 3.63) is 29.6 Å². The summed E-state index contributed by atoms with van der Waals surface area (Å²) >= 11 is 0. The largest absolute Gasteiger partial charge is 0.381 e. The molecule has 0 aromatic heterocycles. The van der Waals surface area contributed by atoms with Gasteiger partial charge in [0.25, 0.3) is 0 Å². The summed E-state index contributed by atoms with van der Waals surface area (Å²) in [5.41, 5.74) is 0.735. The Morgan fingerprint density at radius 2 is 1.89 bits per heavy atom. The van der Waals surface area contributed by atoms with Crippen LogP contribution in [0.2, 0.25) is 0 Å². The van der Waals surface area contributed by atoms with Crippen LogP contribution in [0.4, 0.5) is 10.1 Å². The Balaban J connectivity index is 2.03. The molecule has 96 valence electrons. The number of nitriles is 1. The summed E-state index contributed by atoms with van der Waals surface area (Å²) < 4.78 is 13.4. The molecule has 2 rings (SSSR count). The second-order valence-electron chi connectivity index (χ2n) is 4.76. The van der Waals surface area contributed by atoms with Crippen LogP contribution >= 0.6 is 0 Å². The lowest BCUT2D eigenvalue weighted by Crippen LogP contribution is -2.35. The normalized spacial score (nSPS) is 23.4. The maximum atomic E-state index is 13.4. The molecule has 1 aromatic rings. The minimum absolute atomic E-state index is 0.119. The molecule has 0 unspecified atom stereocenters. The standard InChI is InChI=1S/C14H18FN3/c1-17-10-5-7-11(8-6-10)18-14-4-2-3-13(15)12(14)9-16/h2-4,10-11,17-18H,5-8H2,1H3. The molecule has 18 heavy (non-hydrogen) atoms. The Kier molecular flexibility index (Phi) is 4.16. The summed E-state index contributed by atoms with van der Waals surface area (Å²) in [5.74, 6) is -0.452. The van der Waals surface area contributed by atoms with Crippen molar-refractivity contribution >= 4 is 5.69 Å². The number of nitrogens with one attached hydrogen (secondary N) is 2. The van der Waals surface area contributed by atoms with E-state index in [0.29, 0.717) is 17.8 Å². The fourth-order valence-corrected chi connectivity index (χ4v) is 2.50. The summed E-state index contributed by atoms with van der Waals surface area (Å²) in [6.07, 6.45) is 4.33. The number of halogens is 1. The molecule has 0 aliphatic heterocycles. The van der Waals surface area contributed by atoms with Gasteiger partial charge in [-0.3, -0.25) is 0 Å². The molecular weight excluding hydrogens is 229 g/mol. The van der Waals surface area contributed by atoms with Crippen molar-refractivity contribution < 1.29 is 4.39 Å². The maximum absolute atomic E-state index is 13.4. The molecule has 2 N–H and O–H groups in total. The van der Waals surface area contributed by atoms with Crippen molar-refractivity contribution in [1.82, 2.24) is 5.32 Å². The van der Waals surface area contributed by atoms with Crippen molar-refractivity contribution in [2.24, 2.45) is 0 Å². The van der Waals surface area contributed by atoms with Crippen LogP contribution < -0.4 is 10.6 Å². The fourth-order valence-electron chi connectivity index (χ4n) is 2.50. The van der Waals surface area contributed by atoms with Gasteiger partial charge >= 0.3 is 0 Å². The Hall–Kier alpha value is -1.60. The lowest BCUT2D eigenvalue weighted by atomic mass is 9.91. The molecule has 0 heterocycles. The van der Waals surface area contributed by atoms with Gasteiger partial charge in [0.15, 0.2) is 0 Å². The van der Waals surface area contributed by atoms with Crippen LogP contribution in [0.5, 0.6) is 0 Å². The quantitative estimate of drug-likeness (QED) is 0.863. The zero-order valence-corrected chi connectivity index (χ0v) is 10.5. The average molecular weight is 247 g/mol. The van der Waals surface area contributed by atoms with Crippen molar-refractivity contribution in [2.75, 3.05) is 12.4 Å². The van der Waals surface area contributed by atoms with E-state index < -0.39 is 5.82 Å². The van der Waals surface area contributed by atoms with Crippen molar-refractivity contribution in [1.29, 1.82) is 5.26 Å². The van der Waals surface area contributed by atoms with Crippen LogP contribution in [0.1, 0.15) is 31.2 Å². The monoisotopic (exact) mass is 247 g/mol. The molecule has 0 saturated heterocycles. The number of hydrogen-bond acceptors (Lipinski definition) is 3. The summed E-state index contributed by atoms with van der Waals surface area (Å²) in [7, 11) is 1.98. The van der Waals surface area contributed by atoms with Crippen LogP contribution in [0.25, 0.3) is 0 Å². The van der Waals surface area contributed by atoms with E-state index in [0.717, 1.165) is 25.7 Å². The SMILES string of the molecule is CNC1CCC(Nc2cccc(F)c2C#N)CC1. The third-order valence-electron chi connectivity index (χ3n) is 3.62. The van der Waals surface area contributed by atoms with Crippen molar-refractivity contribution in [2.45, 2.75) is 37.8 Å². The highest BCUT2D eigenvalue weighted by molar-refractivity contribution is 5.58. The molecular formula is C14H18FN3. The Labute approximate surface area is 107 Å². The first-order valence-electron chi connectivity index (χ1n) is 6.37. The lowest BCUT2D eigenvalue weighted by molar-refractivity contribution is 0.371. The van der Waals surface area contributed by atoms with E-state index in [4.69, 9.17) is 5.26 Å². The van der Waals surface area contributed by atoms with Crippen LogP contribution in [-0.2, 0) is 0 Å². The first-order valence-corrected chi connectivity index (χ1v) is 6.37. The zero-order chi connectivity index (χ0) is 13.0. The van der Waals surface area contributed by atoms with E-state index in [9.17, 15) is 4.39 Å². The highest BCUT2D eigenvalue weighted by atomic mass is 19.1. The van der Waals surface area contributed by atoms with Crippen molar-refractivity contribution in [3.63, 3.8) is 0 Å². The summed E-state index contributed by atoms with van der Waals surface area (Å²) in [5, 5.41) is 15.5. The molecule has 0 spiro atoms. The molecule has 0 amide bonds.